The van der Waals surface area contributed by atoms with Crippen LogP contribution in [0.4, 0.5) is 10.5 Å². The molecule has 0 radical (unpaired) electrons. The average Bonchev–Trinajstić information content (AvgIpc) is 3.40. The number of rotatable bonds is 3. The minimum atomic E-state index is -0.176. The van der Waals surface area contributed by atoms with Crippen molar-refractivity contribution in [3.05, 3.63) is 59.2 Å². The summed E-state index contributed by atoms with van der Waals surface area (Å²) in [5.74, 6) is -0.0981. The minimum Gasteiger partial charge on any atom is -0.345 e. The SMILES string of the molecule is CN(C)C(=O)c1cccc(NC(=O)N2CC=C(c3ncnc4[nH]c5c(c34)CCC5)CC2)c1. The van der Waals surface area contributed by atoms with E-state index < -0.39 is 0 Å². The van der Waals surface area contributed by atoms with Gasteiger partial charge in [0.15, 0.2) is 0 Å². The van der Waals surface area contributed by atoms with Gasteiger partial charge in [-0.2, -0.15) is 0 Å². The molecule has 1 aliphatic carbocycles. The molecule has 0 bridgehead atoms. The Bertz CT molecular complexity index is 1240. The third kappa shape index (κ3) is 3.62. The quantitative estimate of drug-likeness (QED) is 0.665. The summed E-state index contributed by atoms with van der Waals surface area (Å²) in [4.78, 5) is 40.8. The Labute approximate surface area is 186 Å². The molecule has 8 nitrogen and oxygen atoms in total. The van der Waals surface area contributed by atoms with E-state index in [1.165, 1.54) is 22.6 Å². The summed E-state index contributed by atoms with van der Waals surface area (Å²) in [6, 6.07) is 6.84. The van der Waals surface area contributed by atoms with E-state index in [-0.39, 0.29) is 11.9 Å². The first-order valence-electron chi connectivity index (χ1n) is 10.9. The largest absolute Gasteiger partial charge is 0.345 e. The van der Waals surface area contributed by atoms with E-state index in [4.69, 9.17) is 0 Å². The Morgan fingerprint density at radius 2 is 2.03 bits per heavy atom. The summed E-state index contributed by atoms with van der Waals surface area (Å²) in [5.41, 5.74) is 6.85. The van der Waals surface area contributed by atoms with Crippen LogP contribution in [-0.4, -0.2) is 63.9 Å². The van der Waals surface area contributed by atoms with Crippen molar-refractivity contribution >= 4 is 34.2 Å². The molecule has 164 valence electrons. The first-order valence-corrected chi connectivity index (χ1v) is 10.9. The average molecular weight is 431 g/mol. The molecule has 0 unspecified atom stereocenters. The molecule has 3 heterocycles. The highest BCUT2D eigenvalue weighted by molar-refractivity contribution is 5.97. The van der Waals surface area contributed by atoms with Crippen molar-refractivity contribution in [2.45, 2.75) is 25.7 Å². The van der Waals surface area contributed by atoms with Crippen molar-refractivity contribution in [1.29, 1.82) is 0 Å². The second kappa shape index (κ2) is 8.11. The number of H-pyrrole nitrogens is 1. The first-order chi connectivity index (χ1) is 15.5. The Morgan fingerprint density at radius 3 is 2.81 bits per heavy atom. The molecule has 2 aromatic heterocycles. The number of carbonyl (C=O) groups is 2. The molecule has 0 spiro atoms. The molecule has 3 amide bonds. The molecular formula is C24H26N6O2. The Balaban J connectivity index is 1.31. The maximum absolute atomic E-state index is 12.8. The third-order valence-electron chi connectivity index (χ3n) is 6.20. The predicted molar refractivity (Wildman–Crippen MR) is 124 cm³/mol. The van der Waals surface area contributed by atoms with Crippen LogP contribution >= 0.6 is 0 Å². The number of hydrogen-bond acceptors (Lipinski definition) is 4. The van der Waals surface area contributed by atoms with Crippen molar-refractivity contribution < 1.29 is 9.59 Å². The van der Waals surface area contributed by atoms with Crippen LogP contribution in [0.2, 0.25) is 0 Å². The zero-order valence-corrected chi connectivity index (χ0v) is 18.3. The fourth-order valence-electron chi connectivity index (χ4n) is 4.57. The van der Waals surface area contributed by atoms with Crippen LogP contribution < -0.4 is 5.32 Å². The summed E-state index contributed by atoms with van der Waals surface area (Å²) in [5, 5.41) is 4.06. The van der Waals surface area contributed by atoms with E-state index in [1.807, 2.05) is 0 Å². The lowest BCUT2D eigenvalue weighted by Crippen LogP contribution is -2.38. The van der Waals surface area contributed by atoms with E-state index >= 15 is 0 Å². The molecule has 5 rings (SSSR count). The molecule has 2 N–H and O–H groups in total. The number of fused-ring (bicyclic) bond motifs is 3. The molecular weight excluding hydrogens is 404 g/mol. The van der Waals surface area contributed by atoms with Gasteiger partial charge in [-0.05, 0) is 55.0 Å². The molecule has 0 saturated heterocycles. The second-order valence-corrected chi connectivity index (χ2v) is 8.52. The van der Waals surface area contributed by atoms with Crippen molar-refractivity contribution in [2.75, 3.05) is 32.5 Å². The summed E-state index contributed by atoms with van der Waals surface area (Å²) in [7, 11) is 3.41. The predicted octanol–water partition coefficient (Wildman–Crippen LogP) is 3.47. The number of urea groups is 1. The number of anilines is 1. The van der Waals surface area contributed by atoms with Gasteiger partial charge in [0.25, 0.3) is 5.91 Å². The van der Waals surface area contributed by atoms with Crippen LogP contribution in [-0.2, 0) is 12.8 Å². The Morgan fingerprint density at radius 1 is 1.16 bits per heavy atom. The maximum Gasteiger partial charge on any atom is 0.322 e. The van der Waals surface area contributed by atoms with Crippen molar-refractivity contribution in [2.24, 2.45) is 0 Å². The molecule has 32 heavy (non-hydrogen) atoms. The standard InChI is InChI=1S/C24H26N6O2/c1-29(2)23(31)16-5-3-6-17(13-16)27-24(32)30-11-9-15(10-12-30)21-20-18-7-4-8-19(18)28-22(20)26-14-25-21/h3,5-6,9,13-14H,4,7-8,10-12H2,1-2H3,(H,27,32)(H,25,26,28). The van der Waals surface area contributed by atoms with Gasteiger partial charge in [-0.15, -0.1) is 0 Å². The lowest BCUT2D eigenvalue weighted by molar-refractivity contribution is 0.0827. The molecule has 3 aromatic rings. The van der Waals surface area contributed by atoms with Gasteiger partial charge in [0.2, 0.25) is 0 Å². The van der Waals surface area contributed by atoms with Gasteiger partial charge in [-0.3, -0.25) is 4.79 Å². The summed E-state index contributed by atoms with van der Waals surface area (Å²) < 4.78 is 0. The van der Waals surface area contributed by atoms with E-state index in [2.05, 4.69) is 26.3 Å². The normalized spacial score (nSPS) is 15.4. The summed E-state index contributed by atoms with van der Waals surface area (Å²) in [6.07, 6.45) is 7.74. The van der Waals surface area contributed by atoms with Crippen LogP contribution in [0.3, 0.4) is 0 Å². The number of nitrogens with one attached hydrogen (secondary N) is 2. The first kappa shape index (κ1) is 20.2. The molecule has 8 heteroatoms. The van der Waals surface area contributed by atoms with Crippen molar-refractivity contribution in [1.82, 2.24) is 24.8 Å². The fraction of sp³-hybridized carbons (Fsp3) is 0.333. The van der Waals surface area contributed by atoms with Gasteiger partial charge < -0.3 is 20.1 Å². The van der Waals surface area contributed by atoms with Gasteiger partial charge in [-0.1, -0.05) is 12.1 Å². The zero-order valence-electron chi connectivity index (χ0n) is 18.3. The van der Waals surface area contributed by atoms with Crippen molar-refractivity contribution in [3.63, 3.8) is 0 Å². The van der Waals surface area contributed by atoms with Gasteiger partial charge in [-0.25, -0.2) is 14.8 Å². The zero-order chi connectivity index (χ0) is 22.2. The maximum atomic E-state index is 12.8. The lowest BCUT2D eigenvalue weighted by atomic mass is 10.00. The number of benzene rings is 1. The fourth-order valence-corrected chi connectivity index (χ4v) is 4.57. The molecule has 0 saturated carbocycles. The molecule has 2 aliphatic rings. The van der Waals surface area contributed by atoms with Gasteiger partial charge in [0.05, 0.1) is 5.69 Å². The van der Waals surface area contributed by atoms with Crippen molar-refractivity contribution in [3.8, 4) is 0 Å². The number of aromatic nitrogens is 3. The molecule has 0 atom stereocenters. The van der Waals surface area contributed by atoms with Crippen LogP contribution in [0.15, 0.2) is 36.7 Å². The Hall–Kier alpha value is -3.68. The molecule has 1 aromatic carbocycles. The van der Waals surface area contributed by atoms with Crippen LogP contribution in [0.5, 0.6) is 0 Å². The topological polar surface area (TPSA) is 94.2 Å². The Kier molecular flexibility index (Phi) is 5.13. The monoisotopic (exact) mass is 430 g/mol. The third-order valence-corrected chi connectivity index (χ3v) is 6.20. The lowest BCUT2D eigenvalue weighted by Gasteiger charge is -2.27. The van der Waals surface area contributed by atoms with E-state index in [1.54, 1.807) is 49.6 Å². The number of hydrogen-bond donors (Lipinski definition) is 2. The number of nitrogens with zero attached hydrogens (tertiary/aromatic N) is 4. The smallest absolute Gasteiger partial charge is 0.322 e. The van der Waals surface area contributed by atoms with E-state index in [9.17, 15) is 9.59 Å². The van der Waals surface area contributed by atoms with E-state index in [0.29, 0.717) is 24.3 Å². The number of aryl methyl sites for hydroxylation is 2. The number of carbonyl (C=O) groups excluding carboxylic acids is 2. The molecule has 1 aliphatic heterocycles. The van der Waals surface area contributed by atoms with Gasteiger partial charge in [0, 0.05) is 49.5 Å². The second-order valence-electron chi connectivity index (χ2n) is 8.52. The highest BCUT2D eigenvalue weighted by Gasteiger charge is 2.24. The highest BCUT2D eigenvalue weighted by atomic mass is 16.2. The summed E-state index contributed by atoms with van der Waals surface area (Å²) >= 11 is 0. The number of amides is 3. The highest BCUT2D eigenvalue weighted by Crippen LogP contribution is 2.34. The van der Waals surface area contributed by atoms with Crippen LogP contribution in [0, 0.1) is 0 Å². The minimum absolute atomic E-state index is 0.0981. The number of aromatic amines is 1. The van der Waals surface area contributed by atoms with Gasteiger partial charge >= 0.3 is 6.03 Å². The van der Waals surface area contributed by atoms with Crippen LogP contribution in [0.1, 0.15) is 40.2 Å². The van der Waals surface area contributed by atoms with Crippen LogP contribution in [0.25, 0.3) is 16.6 Å². The van der Waals surface area contributed by atoms with E-state index in [0.717, 1.165) is 41.6 Å². The van der Waals surface area contributed by atoms with Gasteiger partial charge in [0.1, 0.15) is 12.0 Å². The molecule has 0 fully saturated rings. The summed E-state index contributed by atoms with van der Waals surface area (Å²) in [6.45, 7) is 1.11.